The normalized spacial score (nSPS) is 23.0. The number of aldehydes is 1. The third-order valence-corrected chi connectivity index (χ3v) is 11.0. The molecule has 2 heterocycles. The number of aromatic hydroxyl groups is 2. The summed E-state index contributed by atoms with van der Waals surface area (Å²) in [5.41, 5.74) is -3.86. The molecule has 1 fully saturated rings. The Labute approximate surface area is 386 Å². The summed E-state index contributed by atoms with van der Waals surface area (Å²) in [6, 6.07) is 5.35. The van der Waals surface area contributed by atoms with Crippen molar-refractivity contribution in [3.63, 3.8) is 0 Å². The van der Waals surface area contributed by atoms with Crippen molar-refractivity contribution in [1.29, 1.82) is 5.41 Å². The fourth-order valence-electron chi connectivity index (χ4n) is 7.35. The van der Waals surface area contributed by atoms with Gasteiger partial charge in [0.2, 0.25) is 0 Å². The van der Waals surface area contributed by atoms with Crippen molar-refractivity contribution < 1.29 is 92.9 Å². The quantitative estimate of drug-likeness (QED) is 0.00950. The number of phenols is 2. The standard InChI is InChI=1S/C30H37NO12.C13H20N2O6.C2H4O/c1-14(33)24-16(7-6-8-20(24)40-5)26(36)17-9-19(34)25-18(27(17)37)10-30(39,22(35)13-32)11-21(25)42-43-23-12-29(3,31-4)28(38)15(2)41-23;14-11(16)3-5-19-7-9-21-10-8-20-6-4-15-12(17)1-2-13(15)18;1-2-3/h6-9,15,21,23,28,31-32,34,37-39H,10-13H2,1-5H3;1-2H,3-10H2,(H2,14,16);2H,1H3/p-1/t15?,21-,23+,28-,29-,30+;;/m1../s1. The molecule has 2 aromatic rings. The number of phenolic OH excluding ortho intramolecular Hbond substituents is 2. The number of imide groups is 1. The number of nitrogens with zero attached hydrogens (tertiary/aromatic N) is 1. The lowest BCUT2D eigenvalue weighted by Gasteiger charge is -2.45. The van der Waals surface area contributed by atoms with E-state index in [2.05, 4.69) is 5.32 Å². The number of aliphatic hydroxyl groups is 3. The van der Waals surface area contributed by atoms with Crippen LogP contribution in [0.3, 0.4) is 0 Å². The SMILES string of the molecule is CC=O.CN[C@]1(C)C[C@H](OO[C@@H]2C[C@](O)(C(=O)CO)Cc3c(O)c(C(=O)c4cccc(OC)c4C(C)=O)cc(O)c32)OC(C)[C@H]1O.N=C([O-])CCOCCOCCOCCN1C(=O)C=CC1=O. The lowest BCUT2D eigenvalue weighted by atomic mass is 9.75. The van der Waals surface area contributed by atoms with Gasteiger partial charge in [0.15, 0.2) is 23.6 Å². The summed E-state index contributed by atoms with van der Waals surface area (Å²) in [6.07, 6.45) is -1.50. The minimum Gasteiger partial charge on any atom is -0.862 e. The maximum atomic E-state index is 13.7. The molecule has 370 valence electrons. The second-order valence-corrected chi connectivity index (χ2v) is 15.6. The third kappa shape index (κ3) is 14.7. The van der Waals surface area contributed by atoms with Crippen LogP contribution in [0, 0.1) is 5.41 Å². The molecule has 0 aromatic heterocycles. The van der Waals surface area contributed by atoms with Gasteiger partial charge < -0.3 is 69.8 Å². The first kappa shape index (κ1) is 55.8. The molecular formula is C45H60N3O19-. The van der Waals surface area contributed by atoms with Crippen molar-refractivity contribution in [3.8, 4) is 17.2 Å². The minimum atomic E-state index is -2.27. The van der Waals surface area contributed by atoms with E-state index in [1.807, 2.05) is 0 Å². The Kier molecular flexibility index (Phi) is 21.8. The molecule has 1 aliphatic carbocycles. The first-order valence-corrected chi connectivity index (χ1v) is 21.2. The van der Waals surface area contributed by atoms with Gasteiger partial charge in [-0.15, -0.1) is 0 Å². The van der Waals surface area contributed by atoms with Crippen molar-refractivity contribution in [1.82, 2.24) is 10.2 Å². The molecular weight excluding hydrogens is 886 g/mol. The highest BCUT2D eigenvalue weighted by atomic mass is 17.2. The van der Waals surface area contributed by atoms with Crippen molar-refractivity contribution in [2.24, 2.45) is 0 Å². The van der Waals surface area contributed by atoms with Crippen LogP contribution in [0.1, 0.15) is 90.5 Å². The lowest BCUT2D eigenvalue weighted by Crippen LogP contribution is -2.61. The number of Topliss-reactive ketones (excluding diaryl/α,β-unsaturated/α-hetero) is 2. The summed E-state index contributed by atoms with van der Waals surface area (Å²) in [4.78, 5) is 82.2. The topological polar surface area (TPSA) is 330 Å². The number of carbonyl (C=O) groups is 6. The fraction of sp³-hybridized carbons (Fsp3) is 0.533. The molecule has 0 bridgehead atoms. The molecule has 1 saturated heterocycles. The second-order valence-electron chi connectivity index (χ2n) is 15.6. The number of methoxy groups -OCH3 is 1. The molecule has 3 aliphatic rings. The number of carbonyl (C=O) groups excluding carboxylic acids is 6. The largest absolute Gasteiger partial charge is 0.862 e. The van der Waals surface area contributed by atoms with Gasteiger partial charge in [-0.2, -0.15) is 0 Å². The van der Waals surface area contributed by atoms with Gasteiger partial charge in [-0.3, -0.25) is 28.9 Å². The van der Waals surface area contributed by atoms with Crippen LogP contribution in [0.4, 0.5) is 0 Å². The van der Waals surface area contributed by atoms with Crippen LogP contribution in [0.15, 0.2) is 36.4 Å². The van der Waals surface area contributed by atoms with Crippen LogP contribution in [-0.2, 0) is 54.3 Å². The maximum Gasteiger partial charge on any atom is 0.253 e. The maximum absolute atomic E-state index is 13.7. The number of nitrogens with one attached hydrogen (secondary N) is 2. The highest BCUT2D eigenvalue weighted by molar-refractivity contribution is 6.18. The molecule has 0 saturated carbocycles. The van der Waals surface area contributed by atoms with Crippen molar-refractivity contribution in [2.45, 2.75) is 89.1 Å². The Balaban J connectivity index is 0.000000415. The highest BCUT2D eigenvalue weighted by Crippen LogP contribution is 2.48. The molecule has 22 nitrogen and oxygen atoms in total. The van der Waals surface area contributed by atoms with Crippen molar-refractivity contribution >= 4 is 41.3 Å². The van der Waals surface area contributed by atoms with Gasteiger partial charge in [0.25, 0.3) is 11.8 Å². The van der Waals surface area contributed by atoms with Gasteiger partial charge in [-0.05, 0) is 59.2 Å². The van der Waals surface area contributed by atoms with Crippen molar-refractivity contribution in [3.05, 3.63) is 64.2 Å². The van der Waals surface area contributed by atoms with Gasteiger partial charge in [0, 0.05) is 53.6 Å². The Morgan fingerprint density at radius 2 is 1.60 bits per heavy atom. The van der Waals surface area contributed by atoms with Gasteiger partial charge >= 0.3 is 0 Å². The Morgan fingerprint density at radius 1 is 1.00 bits per heavy atom. The van der Waals surface area contributed by atoms with E-state index in [0.29, 0.717) is 26.4 Å². The van der Waals surface area contributed by atoms with Crippen LogP contribution in [-0.4, -0.2) is 168 Å². The molecule has 1 unspecified atom stereocenters. The van der Waals surface area contributed by atoms with Crippen LogP contribution in [0.25, 0.3) is 0 Å². The Bertz CT molecular complexity index is 2090. The summed E-state index contributed by atoms with van der Waals surface area (Å²) in [6.45, 7) is 7.27. The van der Waals surface area contributed by atoms with E-state index < -0.39 is 95.5 Å². The van der Waals surface area contributed by atoms with E-state index in [-0.39, 0.29) is 72.4 Å². The summed E-state index contributed by atoms with van der Waals surface area (Å²) in [5, 5.41) is 73.8. The van der Waals surface area contributed by atoms with E-state index in [4.69, 9.17) is 43.7 Å². The molecule has 67 heavy (non-hydrogen) atoms. The highest BCUT2D eigenvalue weighted by Gasteiger charge is 2.48. The number of fused-ring (bicyclic) bond motifs is 1. The summed E-state index contributed by atoms with van der Waals surface area (Å²) in [5.74, 6) is -4.61. The molecule has 0 radical (unpaired) electrons. The van der Waals surface area contributed by atoms with Crippen LogP contribution < -0.4 is 15.2 Å². The number of amides is 2. The number of ketones is 3. The smallest absolute Gasteiger partial charge is 0.253 e. The van der Waals surface area contributed by atoms with E-state index in [0.717, 1.165) is 17.3 Å². The molecule has 2 aliphatic heterocycles. The molecule has 6 atom stereocenters. The molecule has 2 amide bonds. The average Bonchev–Trinajstić information content (AvgIpc) is 3.62. The predicted molar refractivity (Wildman–Crippen MR) is 231 cm³/mol. The van der Waals surface area contributed by atoms with Gasteiger partial charge in [0.1, 0.15) is 41.8 Å². The first-order chi connectivity index (χ1) is 31.7. The first-order valence-electron chi connectivity index (χ1n) is 21.2. The fourth-order valence-corrected chi connectivity index (χ4v) is 7.35. The number of likely N-dealkylation sites (N-methyl/N-ethyl adjacent to an activating group) is 1. The summed E-state index contributed by atoms with van der Waals surface area (Å²) < 4.78 is 26.5. The zero-order chi connectivity index (χ0) is 50.1. The van der Waals surface area contributed by atoms with Crippen LogP contribution in [0.5, 0.6) is 17.2 Å². The Morgan fingerprint density at radius 3 is 2.15 bits per heavy atom. The lowest BCUT2D eigenvalue weighted by molar-refractivity contribution is -0.424. The zero-order valence-electron chi connectivity index (χ0n) is 38.2. The Hall–Kier alpha value is -5.53. The van der Waals surface area contributed by atoms with Crippen LogP contribution in [0.2, 0.25) is 0 Å². The van der Waals surface area contributed by atoms with Gasteiger partial charge in [0.05, 0.1) is 76.6 Å². The minimum absolute atomic E-state index is 0.0337. The predicted octanol–water partition coefficient (Wildman–Crippen LogP) is 0.136. The monoisotopic (exact) mass is 946 g/mol. The zero-order valence-corrected chi connectivity index (χ0v) is 38.2. The molecule has 0 spiro atoms. The van der Waals surface area contributed by atoms with Crippen LogP contribution >= 0.6 is 0 Å². The van der Waals surface area contributed by atoms with Gasteiger partial charge in [-0.25, -0.2) is 9.78 Å². The summed E-state index contributed by atoms with van der Waals surface area (Å²) >= 11 is 0. The van der Waals surface area contributed by atoms with E-state index in [9.17, 15) is 54.6 Å². The van der Waals surface area contributed by atoms with Gasteiger partial charge in [-0.1, -0.05) is 12.1 Å². The number of hydrogen-bond donors (Lipinski definition) is 7. The van der Waals surface area contributed by atoms with E-state index in [1.54, 1.807) is 20.9 Å². The summed E-state index contributed by atoms with van der Waals surface area (Å²) in [7, 11) is 3.00. The van der Waals surface area contributed by atoms with E-state index in [1.165, 1.54) is 51.3 Å². The number of benzene rings is 2. The molecule has 2 aromatic carbocycles. The van der Waals surface area contributed by atoms with Crippen molar-refractivity contribution in [2.75, 3.05) is 67.0 Å². The van der Waals surface area contributed by atoms with E-state index >= 15 is 0 Å². The number of rotatable bonds is 22. The number of aliphatic hydroxyl groups excluding tert-OH is 2. The number of ether oxygens (including phenoxy) is 5. The second kappa shape index (κ2) is 26.1. The number of hydrogen-bond acceptors (Lipinski definition) is 21. The molecule has 22 heteroatoms. The average molecular weight is 947 g/mol. The third-order valence-electron chi connectivity index (χ3n) is 11.0. The molecule has 7 N–H and O–H groups in total. The molecule has 5 rings (SSSR count).